The summed E-state index contributed by atoms with van der Waals surface area (Å²) in [5.41, 5.74) is 2.47. The minimum absolute atomic E-state index is 0.262. The van der Waals surface area contributed by atoms with Crippen LogP contribution in [0.3, 0.4) is 0 Å². The highest BCUT2D eigenvalue weighted by Gasteiger charge is 2.31. The molecule has 0 spiro atoms. The van der Waals surface area contributed by atoms with Gasteiger partial charge in [0.05, 0.1) is 0 Å². The van der Waals surface area contributed by atoms with E-state index in [1.165, 1.54) is 24.3 Å². The van der Waals surface area contributed by atoms with Crippen LogP contribution in [0.15, 0.2) is 66.9 Å². The van der Waals surface area contributed by atoms with Crippen LogP contribution >= 0.6 is 0 Å². The second-order valence-corrected chi connectivity index (χ2v) is 5.19. The minimum atomic E-state index is -4.70. The zero-order valence-electron chi connectivity index (χ0n) is 12.4. The first-order valence-electron chi connectivity index (χ1n) is 7.17. The Labute approximate surface area is 136 Å². The van der Waals surface area contributed by atoms with Crippen LogP contribution in [0.1, 0.15) is 5.56 Å². The molecule has 0 saturated carbocycles. The summed E-state index contributed by atoms with van der Waals surface area (Å²) < 4.78 is 53.4. The van der Waals surface area contributed by atoms with Crippen molar-refractivity contribution in [2.24, 2.45) is 0 Å². The van der Waals surface area contributed by atoms with Crippen molar-refractivity contribution in [1.82, 2.24) is 0 Å². The van der Waals surface area contributed by atoms with Gasteiger partial charge in [-0.1, -0.05) is 24.3 Å². The molecule has 0 fully saturated rings. The zero-order valence-corrected chi connectivity index (χ0v) is 12.4. The lowest BCUT2D eigenvalue weighted by atomic mass is 10.0. The second-order valence-electron chi connectivity index (χ2n) is 5.19. The minimum Gasteiger partial charge on any atom is -0.406 e. The Morgan fingerprint density at radius 3 is 2.21 bits per heavy atom. The summed E-state index contributed by atoms with van der Waals surface area (Å²) in [6.45, 7) is 0.587. The first-order valence-corrected chi connectivity index (χ1v) is 7.17. The van der Waals surface area contributed by atoms with Gasteiger partial charge in [0.15, 0.2) is 0 Å². The van der Waals surface area contributed by atoms with Crippen molar-refractivity contribution in [3.05, 3.63) is 78.3 Å². The van der Waals surface area contributed by atoms with Crippen molar-refractivity contribution in [3.63, 3.8) is 0 Å². The van der Waals surface area contributed by atoms with Gasteiger partial charge in [-0.15, -0.1) is 13.2 Å². The van der Waals surface area contributed by atoms with Crippen molar-refractivity contribution in [3.8, 4) is 5.75 Å². The van der Waals surface area contributed by atoms with Gasteiger partial charge in [-0.05, 0) is 47.5 Å². The maximum absolute atomic E-state index is 13.0. The molecule has 0 saturated heterocycles. The SMILES string of the molecule is Fc1ccc(C2=CN(c3ccc(OC(F)(F)F)cc3)CC=C2)cc1. The van der Waals surface area contributed by atoms with Gasteiger partial charge in [0.25, 0.3) is 0 Å². The normalized spacial score (nSPS) is 14.5. The standard InChI is InChI=1S/C18H13F4NO/c19-15-5-3-13(4-6-15)14-2-1-11-23(12-14)16-7-9-17(10-8-16)24-18(20,21)22/h1-10,12H,11H2. The lowest BCUT2D eigenvalue weighted by Crippen LogP contribution is -2.19. The molecule has 6 heteroatoms. The van der Waals surface area contributed by atoms with Crippen molar-refractivity contribution >= 4 is 11.3 Å². The summed E-state index contributed by atoms with van der Waals surface area (Å²) in [5.74, 6) is -0.571. The van der Waals surface area contributed by atoms with Gasteiger partial charge in [0, 0.05) is 18.4 Å². The first kappa shape index (κ1) is 16.1. The topological polar surface area (TPSA) is 12.5 Å². The number of hydrogen-bond donors (Lipinski definition) is 0. The number of benzene rings is 2. The Bertz CT molecular complexity index is 761. The van der Waals surface area contributed by atoms with E-state index in [9.17, 15) is 17.6 Å². The van der Waals surface area contributed by atoms with Crippen molar-refractivity contribution in [2.75, 3.05) is 11.4 Å². The van der Waals surface area contributed by atoms with E-state index in [-0.39, 0.29) is 11.6 Å². The Morgan fingerprint density at radius 1 is 0.917 bits per heavy atom. The van der Waals surface area contributed by atoms with Crippen molar-refractivity contribution in [2.45, 2.75) is 6.36 Å². The quantitative estimate of drug-likeness (QED) is 0.720. The molecule has 0 radical (unpaired) electrons. The van der Waals surface area contributed by atoms with Crippen LogP contribution < -0.4 is 9.64 Å². The molecule has 3 rings (SSSR count). The fraction of sp³-hybridized carbons (Fsp3) is 0.111. The molecule has 0 atom stereocenters. The molecule has 0 aliphatic carbocycles. The van der Waals surface area contributed by atoms with Gasteiger partial charge >= 0.3 is 6.36 Å². The van der Waals surface area contributed by atoms with Gasteiger partial charge in [-0.25, -0.2) is 4.39 Å². The van der Waals surface area contributed by atoms with Gasteiger partial charge in [0.2, 0.25) is 0 Å². The molecule has 1 heterocycles. The highest BCUT2D eigenvalue weighted by Crippen LogP contribution is 2.28. The molecular weight excluding hydrogens is 322 g/mol. The summed E-state index contributed by atoms with van der Waals surface area (Å²) in [6, 6.07) is 11.8. The molecule has 0 N–H and O–H groups in total. The number of rotatable bonds is 3. The van der Waals surface area contributed by atoms with Crippen LogP contribution in [0.5, 0.6) is 5.75 Å². The number of ether oxygens (including phenoxy) is 1. The molecule has 2 aromatic carbocycles. The largest absolute Gasteiger partial charge is 0.573 e. The lowest BCUT2D eigenvalue weighted by molar-refractivity contribution is -0.274. The van der Waals surface area contributed by atoms with Gasteiger partial charge in [-0.2, -0.15) is 0 Å². The third-order valence-corrected chi connectivity index (χ3v) is 3.47. The third-order valence-electron chi connectivity index (χ3n) is 3.47. The maximum atomic E-state index is 13.0. The molecule has 1 aliphatic heterocycles. The van der Waals surface area contributed by atoms with Crippen molar-refractivity contribution < 1.29 is 22.3 Å². The smallest absolute Gasteiger partial charge is 0.406 e. The van der Waals surface area contributed by atoms with Crippen LogP contribution in [0.4, 0.5) is 23.2 Å². The summed E-state index contributed by atoms with van der Waals surface area (Å²) in [6.07, 6.45) is 1.02. The summed E-state index contributed by atoms with van der Waals surface area (Å²) in [7, 11) is 0. The van der Waals surface area contributed by atoms with E-state index in [1.807, 2.05) is 23.3 Å². The van der Waals surface area contributed by atoms with Gasteiger partial charge < -0.3 is 9.64 Å². The van der Waals surface area contributed by atoms with Crippen molar-refractivity contribution in [1.29, 1.82) is 0 Å². The lowest BCUT2D eigenvalue weighted by Gasteiger charge is -2.24. The predicted octanol–water partition coefficient (Wildman–Crippen LogP) is 5.14. The average Bonchev–Trinajstić information content (AvgIpc) is 2.55. The molecule has 1 aliphatic rings. The molecule has 24 heavy (non-hydrogen) atoms. The van der Waals surface area contributed by atoms with E-state index < -0.39 is 6.36 Å². The summed E-state index contributed by atoms with van der Waals surface area (Å²) in [5, 5.41) is 0. The Kier molecular flexibility index (Phi) is 4.29. The van der Waals surface area contributed by atoms with E-state index in [1.54, 1.807) is 24.3 Å². The highest BCUT2D eigenvalue weighted by atomic mass is 19.4. The second kappa shape index (κ2) is 6.39. The average molecular weight is 335 g/mol. The maximum Gasteiger partial charge on any atom is 0.573 e. The van der Waals surface area contributed by atoms with E-state index in [4.69, 9.17) is 0 Å². The van der Waals surface area contributed by atoms with E-state index in [2.05, 4.69) is 4.74 Å². The van der Waals surface area contributed by atoms with E-state index in [0.717, 1.165) is 16.8 Å². The molecule has 2 nitrogen and oxygen atoms in total. The molecule has 0 bridgehead atoms. The number of halogens is 4. The van der Waals surface area contributed by atoms with Crippen LogP contribution in [0.25, 0.3) is 5.57 Å². The molecule has 2 aromatic rings. The fourth-order valence-corrected chi connectivity index (χ4v) is 2.39. The summed E-state index contributed by atoms with van der Waals surface area (Å²) in [4.78, 5) is 1.88. The van der Waals surface area contributed by atoms with Gasteiger partial charge in [-0.3, -0.25) is 0 Å². The molecule has 0 aromatic heterocycles. The molecular formula is C18H13F4NO. The number of alkyl halides is 3. The Morgan fingerprint density at radius 2 is 1.58 bits per heavy atom. The molecule has 124 valence electrons. The van der Waals surface area contributed by atoms with Crippen LogP contribution in [0.2, 0.25) is 0 Å². The zero-order chi connectivity index (χ0) is 17.2. The number of allylic oxidation sites excluding steroid dienone is 2. The van der Waals surface area contributed by atoms with Crippen LogP contribution in [0, 0.1) is 5.82 Å². The third kappa shape index (κ3) is 3.95. The van der Waals surface area contributed by atoms with Gasteiger partial charge in [0.1, 0.15) is 11.6 Å². The highest BCUT2D eigenvalue weighted by molar-refractivity contribution is 5.78. The van der Waals surface area contributed by atoms with Crippen LogP contribution in [-0.2, 0) is 0 Å². The van der Waals surface area contributed by atoms with Crippen LogP contribution in [-0.4, -0.2) is 12.9 Å². The summed E-state index contributed by atoms with van der Waals surface area (Å²) >= 11 is 0. The first-order chi connectivity index (χ1) is 11.4. The molecule has 0 amide bonds. The number of nitrogens with zero attached hydrogens (tertiary/aromatic N) is 1. The number of hydrogen-bond acceptors (Lipinski definition) is 2. The Balaban J connectivity index is 1.79. The van der Waals surface area contributed by atoms with E-state index in [0.29, 0.717) is 6.54 Å². The Hall–Kier alpha value is -2.76. The fourth-order valence-electron chi connectivity index (χ4n) is 2.39. The molecule has 0 unspecified atom stereocenters. The predicted molar refractivity (Wildman–Crippen MR) is 84.0 cm³/mol. The number of anilines is 1. The van der Waals surface area contributed by atoms with E-state index >= 15 is 0 Å². The monoisotopic (exact) mass is 335 g/mol.